The second-order valence-corrected chi connectivity index (χ2v) is 7.08. The Morgan fingerprint density at radius 1 is 0.667 bits per heavy atom. The summed E-state index contributed by atoms with van der Waals surface area (Å²) in [4.78, 5) is 20.5. The highest BCUT2D eigenvalue weighted by Crippen LogP contribution is 2.20. The van der Waals surface area contributed by atoms with Gasteiger partial charge in [-0.05, 0) is 25.7 Å². The summed E-state index contributed by atoms with van der Waals surface area (Å²) >= 11 is 0. The lowest BCUT2D eigenvalue weighted by Gasteiger charge is -2.12. The van der Waals surface area contributed by atoms with Crippen LogP contribution in [-0.4, -0.2) is 22.9 Å². The molecule has 0 bridgehead atoms. The first kappa shape index (κ1) is 23.0. The van der Waals surface area contributed by atoms with Crippen LogP contribution >= 0.6 is 0 Å². The minimum atomic E-state index is -0.503. The van der Waals surface area contributed by atoms with Crippen molar-refractivity contribution in [2.24, 2.45) is 0 Å². The highest BCUT2D eigenvalue weighted by Gasteiger charge is 2.09. The first-order chi connectivity index (χ1) is 14.4. The average Bonchev–Trinajstić information content (AvgIpc) is 2.71. The van der Waals surface area contributed by atoms with E-state index < -0.39 is 9.85 Å². The second kappa shape index (κ2) is 11.7. The Labute approximate surface area is 173 Å². The molecular weight excluding hydrogens is 392 g/mol. The maximum atomic E-state index is 11.7. The molecule has 0 fully saturated rings. The molecule has 0 spiro atoms. The van der Waals surface area contributed by atoms with Crippen LogP contribution in [-0.2, 0) is 13.1 Å². The zero-order chi connectivity index (χ0) is 21.9. The van der Waals surface area contributed by atoms with Crippen molar-refractivity contribution in [2.45, 2.75) is 38.8 Å². The van der Waals surface area contributed by atoms with Gasteiger partial charge in [-0.2, -0.15) is 0 Å². The summed E-state index contributed by atoms with van der Waals surface area (Å²) in [6.07, 6.45) is 3.98. The van der Waals surface area contributed by atoms with E-state index in [9.17, 15) is 30.4 Å². The Bertz CT molecular complexity index is 803. The molecule has 10 nitrogen and oxygen atoms in total. The summed E-state index contributed by atoms with van der Waals surface area (Å²) < 4.78 is 0. The summed E-state index contributed by atoms with van der Waals surface area (Å²) in [5.41, 5.74) is 0.752. The van der Waals surface area contributed by atoms with Crippen molar-refractivity contribution in [1.29, 1.82) is 0 Å². The topological polar surface area (TPSA) is 166 Å². The number of unbranched alkanes of at least 4 members (excludes halogenated alkanes) is 3. The molecule has 0 amide bonds. The molecule has 0 aromatic heterocycles. The van der Waals surface area contributed by atoms with E-state index in [-0.39, 0.29) is 22.9 Å². The van der Waals surface area contributed by atoms with Gasteiger partial charge in [0.15, 0.2) is 0 Å². The van der Waals surface area contributed by atoms with Gasteiger partial charge in [0, 0.05) is 35.4 Å². The van der Waals surface area contributed by atoms with Crippen molar-refractivity contribution in [3.8, 4) is 11.5 Å². The lowest BCUT2D eigenvalue weighted by molar-refractivity contribution is -0.672. The molecule has 0 unspecified atom stereocenters. The number of nitro benzene ring substituents is 2. The van der Waals surface area contributed by atoms with E-state index in [1.807, 2.05) is 10.6 Å². The van der Waals surface area contributed by atoms with Gasteiger partial charge in [-0.25, -0.2) is 0 Å². The molecule has 2 aromatic carbocycles. The van der Waals surface area contributed by atoms with Crippen LogP contribution in [0.1, 0.15) is 36.8 Å². The van der Waals surface area contributed by atoms with E-state index >= 15 is 0 Å². The molecule has 2 rings (SSSR count). The van der Waals surface area contributed by atoms with Crippen LogP contribution in [0, 0.1) is 20.2 Å². The van der Waals surface area contributed by atoms with Crippen LogP contribution in [0.25, 0.3) is 0 Å². The van der Waals surface area contributed by atoms with Crippen LogP contribution in [0.15, 0.2) is 36.4 Å². The molecule has 10 heteroatoms. The zero-order valence-electron chi connectivity index (χ0n) is 16.6. The van der Waals surface area contributed by atoms with Gasteiger partial charge < -0.3 is 20.8 Å². The maximum absolute atomic E-state index is 11.7. The van der Waals surface area contributed by atoms with E-state index in [2.05, 4.69) is 0 Å². The molecule has 162 valence electrons. The van der Waals surface area contributed by atoms with Crippen molar-refractivity contribution < 1.29 is 30.7 Å². The summed E-state index contributed by atoms with van der Waals surface area (Å²) in [6.45, 7) is 2.52. The highest BCUT2D eigenvalue weighted by molar-refractivity contribution is 5.42. The summed E-state index contributed by atoms with van der Waals surface area (Å²) in [7, 11) is 0. The van der Waals surface area contributed by atoms with Crippen LogP contribution in [0.4, 0.5) is 11.4 Å². The fourth-order valence-corrected chi connectivity index (χ4v) is 3.12. The quantitative estimate of drug-likeness (QED) is 0.265. The molecule has 2 aromatic rings. The summed E-state index contributed by atoms with van der Waals surface area (Å²) in [5, 5.41) is 49.0. The summed E-state index contributed by atoms with van der Waals surface area (Å²) in [6, 6.07) is 7.59. The average molecular weight is 418 g/mol. The number of hydrogen-bond acceptors (Lipinski definition) is 6. The number of non-ortho nitro benzene ring substituents is 2. The van der Waals surface area contributed by atoms with E-state index in [0.29, 0.717) is 24.2 Å². The number of quaternary nitrogens is 2. The van der Waals surface area contributed by atoms with Gasteiger partial charge in [0.05, 0.1) is 22.9 Å². The predicted molar refractivity (Wildman–Crippen MR) is 105 cm³/mol. The van der Waals surface area contributed by atoms with Crippen LogP contribution in [0.5, 0.6) is 11.5 Å². The molecule has 30 heavy (non-hydrogen) atoms. The molecular formula is C20H26N4O6. The summed E-state index contributed by atoms with van der Waals surface area (Å²) in [5.74, 6) is -0.366. The van der Waals surface area contributed by atoms with Gasteiger partial charge in [-0.15, -0.1) is 0 Å². The van der Waals surface area contributed by atoms with Gasteiger partial charge in [-0.1, -0.05) is 23.6 Å². The molecule has 0 aliphatic heterocycles. The molecule has 0 saturated carbocycles. The van der Waals surface area contributed by atoms with Gasteiger partial charge in [0.1, 0.15) is 13.1 Å². The van der Waals surface area contributed by atoms with Gasteiger partial charge >= 0.3 is 0 Å². The third-order valence-electron chi connectivity index (χ3n) is 4.80. The van der Waals surface area contributed by atoms with Gasteiger partial charge in [0.25, 0.3) is 11.4 Å². The van der Waals surface area contributed by atoms with Crippen molar-refractivity contribution in [1.82, 2.24) is 0 Å². The normalized spacial score (nSPS) is 10.8. The third kappa shape index (κ3) is 7.30. The number of rotatable bonds is 13. The first-order valence-electron chi connectivity index (χ1n) is 9.90. The van der Waals surface area contributed by atoms with E-state index in [0.717, 1.165) is 38.8 Å². The van der Waals surface area contributed by atoms with Crippen molar-refractivity contribution in [3.63, 3.8) is 0 Å². The highest BCUT2D eigenvalue weighted by atomic mass is 16.6. The van der Waals surface area contributed by atoms with Crippen LogP contribution in [0.3, 0.4) is 0 Å². The van der Waals surface area contributed by atoms with E-state index in [1.165, 1.54) is 36.4 Å². The number of hydrogen-bond donors (Lipinski definition) is 2. The van der Waals surface area contributed by atoms with Crippen LogP contribution in [0.2, 0.25) is 0 Å². The van der Waals surface area contributed by atoms with Crippen LogP contribution < -0.4 is 20.8 Å². The molecule has 0 atom stereocenters. The third-order valence-corrected chi connectivity index (χ3v) is 4.80. The van der Waals surface area contributed by atoms with Crippen molar-refractivity contribution in [2.75, 3.05) is 13.1 Å². The molecule has 4 N–H and O–H groups in total. The monoisotopic (exact) mass is 418 g/mol. The fraction of sp³-hybridized carbons (Fsp3) is 0.400. The number of nitrogens with two attached hydrogens (primary N) is 2. The Morgan fingerprint density at radius 3 is 1.43 bits per heavy atom. The minimum Gasteiger partial charge on any atom is -0.872 e. The SMILES string of the molecule is O=[N+]([O-])c1ccc([O-])c(C[NH2+]CCCCCC[NH2+]Cc2cc([N+](=O)[O-])ccc2[O-])c1. The molecule has 0 saturated heterocycles. The standard InChI is InChI=1S/C20H26N4O6/c25-19-7-5-17(23(27)28)11-15(19)13-21-9-3-1-2-4-10-22-14-16-12-18(24(29)30)6-8-20(16)26/h5-8,11-12,21-22,25-26H,1-4,9-10,13-14H2. The van der Waals surface area contributed by atoms with Crippen molar-refractivity contribution in [3.05, 3.63) is 67.8 Å². The molecule has 0 radical (unpaired) electrons. The lowest BCUT2D eigenvalue weighted by atomic mass is 10.1. The lowest BCUT2D eigenvalue weighted by Crippen LogP contribution is -2.82. The Balaban J connectivity index is 1.56. The molecule has 0 aliphatic rings. The van der Waals surface area contributed by atoms with Gasteiger partial charge in [0.2, 0.25) is 0 Å². The Kier molecular flexibility index (Phi) is 8.98. The van der Waals surface area contributed by atoms with Crippen molar-refractivity contribution >= 4 is 11.4 Å². The fourth-order valence-electron chi connectivity index (χ4n) is 3.12. The molecule has 0 heterocycles. The Morgan fingerprint density at radius 2 is 1.07 bits per heavy atom. The Hall–Kier alpha value is -3.24. The second-order valence-electron chi connectivity index (χ2n) is 7.08. The maximum Gasteiger partial charge on any atom is 0.269 e. The predicted octanol–water partition coefficient (Wildman–Crippen LogP) is 0.0376. The number of nitrogens with zero attached hydrogens (tertiary/aromatic N) is 2. The molecule has 0 aliphatic carbocycles. The van der Waals surface area contributed by atoms with E-state index in [1.54, 1.807) is 0 Å². The first-order valence-corrected chi connectivity index (χ1v) is 9.90. The number of benzene rings is 2. The zero-order valence-corrected chi connectivity index (χ0v) is 16.6. The smallest absolute Gasteiger partial charge is 0.269 e. The number of nitro groups is 2. The van der Waals surface area contributed by atoms with E-state index in [4.69, 9.17) is 0 Å². The largest absolute Gasteiger partial charge is 0.872 e. The minimum absolute atomic E-state index is 0.0662. The van der Waals surface area contributed by atoms with Gasteiger partial charge in [-0.3, -0.25) is 20.2 Å².